The van der Waals surface area contributed by atoms with Gasteiger partial charge in [0.25, 0.3) is 5.91 Å². The number of hydrogen-bond donors (Lipinski definition) is 1. The maximum atomic E-state index is 14.6. The number of rotatable bonds is 4. The molecule has 0 unspecified atom stereocenters. The number of likely N-dealkylation sites (N-methyl/N-ethyl adjacent to an activating group) is 1. The SMILES string of the molecule is C[C@@H]1[C@@H](c2ccccc2)OC(=O)[C@@H]2[C@@H]3C=C[C@]4(O3)[C@H](C(=O)N(c3ccccc3Cl)C/C=C\CCC(=O)N1C)N(CCO)C(=O)[C@@H]24. The molecule has 6 rings (SSSR count). The fraction of sp³-hybridized carbons (Fsp3) is 0.412. The second kappa shape index (κ2) is 12.4. The number of halogens is 1. The van der Waals surface area contributed by atoms with Gasteiger partial charge < -0.3 is 29.3 Å². The predicted molar refractivity (Wildman–Crippen MR) is 166 cm³/mol. The molecule has 2 saturated heterocycles. The number of likely N-dealkylation sites (tertiary alicyclic amines) is 1. The molecule has 0 saturated carbocycles. The van der Waals surface area contributed by atoms with Crippen molar-refractivity contribution in [2.45, 2.75) is 49.7 Å². The molecule has 1 N–H and O–H groups in total. The molecule has 0 aromatic heterocycles. The first-order chi connectivity index (χ1) is 21.7. The van der Waals surface area contributed by atoms with E-state index in [1.807, 2.05) is 43.3 Å². The van der Waals surface area contributed by atoms with Gasteiger partial charge in [-0.2, -0.15) is 0 Å². The van der Waals surface area contributed by atoms with Crippen LogP contribution in [0.4, 0.5) is 5.69 Å². The van der Waals surface area contributed by atoms with E-state index in [4.69, 9.17) is 21.1 Å². The lowest BCUT2D eigenvalue weighted by Crippen LogP contribution is -2.56. The molecule has 2 aromatic rings. The van der Waals surface area contributed by atoms with Gasteiger partial charge in [0.1, 0.15) is 23.7 Å². The first-order valence-electron chi connectivity index (χ1n) is 15.2. The summed E-state index contributed by atoms with van der Waals surface area (Å²) in [7, 11) is 1.68. The van der Waals surface area contributed by atoms with E-state index in [0.717, 1.165) is 0 Å². The van der Waals surface area contributed by atoms with Crippen LogP contribution in [0.15, 0.2) is 78.9 Å². The topological polar surface area (TPSA) is 117 Å². The minimum Gasteiger partial charge on any atom is -0.455 e. The number of ether oxygens (including phenoxy) is 2. The summed E-state index contributed by atoms with van der Waals surface area (Å²) in [5, 5.41) is 10.3. The molecule has 10 nitrogen and oxygen atoms in total. The fourth-order valence-electron chi connectivity index (χ4n) is 7.09. The summed E-state index contributed by atoms with van der Waals surface area (Å²) in [6.07, 6.45) is 6.06. The Morgan fingerprint density at radius 2 is 1.73 bits per heavy atom. The molecule has 1 spiro atoms. The maximum Gasteiger partial charge on any atom is 0.313 e. The van der Waals surface area contributed by atoms with Crippen LogP contribution >= 0.6 is 11.6 Å². The third-order valence-corrected chi connectivity index (χ3v) is 9.74. The van der Waals surface area contributed by atoms with Crippen molar-refractivity contribution in [3.63, 3.8) is 0 Å². The Bertz CT molecular complexity index is 1550. The van der Waals surface area contributed by atoms with E-state index in [-0.39, 0.29) is 32.0 Å². The Morgan fingerprint density at radius 3 is 2.47 bits per heavy atom. The van der Waals surface area contributed by atoms with Gasteiger partial charge in [-0.1, -0.05) is 78.4 Å². The Morgan fingerprint density at radius 1 is 1.00 bits per heavy atom. The minimum atomic E-state index is -1.45. The van der Waals surface area contributed by atoms with E-state index in [0.29, 0.717) is 22.7 Å². The molecule has 4 aliphatic heterocycles. The van der Waals surface area contributed by atoms with Gasteiger partial charge in [-0.05, 0) is 31.0 Å². The molecule has 4 aliphatic rings. The van der Waals surface area contributed by atoms with Crippen molar-refractivity contribution in [3.8, 4) is 0 Å². The highest BCUT2D eigenvalue weighted by Crippen LogP contribution is 2.56. The normalized spacial score (nSPS) is 32.7. The van der Waals surface area contributed by atoms with E-state index in [1.54, 1.807) is 54.4 Å². The monoisotopic (exact) mass is 633 g/mol. The number of anilines is 1. The predicted octanol–water partition coefficient (Wildman–Crippen LogP) is 3.30. The summed E-state index contributed by atoms with van der Waals surface area (Å²) < 4.78 is 12.7. The van der Waals surface area contributed by atoms with E-state index in [2.05, 4.69) is 0 Å². The molecular formula is C34H36ClN3O7. The molecule has 2 aromatic carbocycles. The van der Waals surface area contributed by atoms with Gasteiger partial charge in [0.2, 0.25) is 11.8 Å². The Kier molecular flexibility index (Phi) is 8.56. The molecular weight excluding hydrogens is 598 g/mol. The van der Waals surface area contributed by atoms with Gasteiger partial charge >= 0.3 is 5.97 Å². The number of aliphatic hydroxyl groups excluding tert-OH is 1. The molecule has 7 atom stereocenters. The number of esters is 1. The van der Waals surface area contributed by atoms with Crippen LogP contribution in [0.5, 0.6) is 0 Å². The maximum absolute atomic E-state index is 14.6. The van der Waals surface area contributed by atoms with Gasteiger partial charge in [0, 0.05) is 26.6 Å². The molecule has 5 bridgehead atoms. The van der Waals surface area contributed by atoms with Crippen LogP contribution in [-0.4, -0.2) is 89.1 Å². The summed E-state index contributed by atoms with van der Waals surface area (Å²) >= 11 is 6.57. The molecule has 3 amide bonds. The molecule has 236 valence electrons. The third-order valence-electron chi connectivity index (χ3n) is 9.42. The smallest absolute Gasteiger partial charge is 0.313 e. The van der Waals surface area contributed by atoms with E-state index >= 15 is 0 Å². The molecule has 11 heteroatoms. The molecule has 0 radical (unpaired) electrons. The number of benzene rings is 2. The number of allylic oxidation sites excluding steroid dienone is 1. The zero-order valence-electron chi connectivity index (χ0n) is 25.1. The van der Waals surface area contributed by atoms with Crippen LogP contribution in [0.2, 0.25) is 5.02 Å². The second-order valence-corrected chi connectivity index (χ2v) is 12.3. The highest BCUT2D eigenvalue weighted by Gasteiger charge is 2.73. The lowest BCUT2D eigenvalue weighted by Gasteiger charge is -2.36. The zero-order chi connectivity index (χ0) is 31.9. The third kappa shape index (κ3) is 5.24. The summed E-state index contributed by atoms with van der Waals surface area (Å²) in [6, 6.07) is 14.4. The Hall–Kier alpha value is -3.99. The molecule has 2 fully saturated rings. The van der Waals surface area contributed by atoms with Crippen LogP contribution in [-0.2, 0) is 28.7 Å². The summed E-state index contributed by atoms with van der Waals surface area (Å²) in [5.41, 5.74) is -0.311. The standard InChI is InChI=1S/C34H36ClN3O7/c1-21-29(22-11-5-3-6-12-22)44-33(43)27-25-16-17-34(45-25)28(27)31(41)38(19-20-39)30(34)32(42)37(24-14-9-8-13-23(24)35)18-10-4-7-15-26(40)36(21)2/h3-6,8-14,16-17,21,25,27-30,39H,7,15,18-20H2,1-2H3/b10-4-/t21-,25+,27-,28-,29+,30+,34-/m1/s1. The van der Waals surface area contributed by atoms with E-state index < -0.39 is 59.5 Å². The van der Waals surface area contributed by atoms with Gasteiger partial charge in [-0.3, -0.25) is 19.2 Å². The second-order valence-electron chi connectivity index (χ2n) is 11.9. The van der Waals surface area contributed by atoms with Crippen molar-refractivity contribution in [2.24, 2.45) is 11.8 Å². The van der Waals surface area contributed by atoms with Crippen molar-refractivity contribution in [1.82, 2.24) is 9.80 Å². The Labute approximate surface area is 266 Å². The number of cyclic esters (lactones) is 1. The van der Waals surface area contributed by atoms with Crippen molar-refractivity contribution >= 4 is 41.0 Å². The van der Waals surface area contributed by atoms with Gasteiger partial charge in [0.05, 0.1) is 35.4 Å². The average molecular weight is 634 g/mol. The number of hydrogen-bond acceptors (Lipinski definition) is 7. The van der Waals surface area contributed by atoms with E-state index in [9.17, 15) is 24.3 Å². The van der Waals surface area contributed by atoms with E-state index in [1.165, 1.54) is 9.80 Å². The number of fused-ring (bicyclic) bond motifs is 2. The molecule has 4 heterocycles. The van der Waals surface area contributed by atoms with Crippen molar-refractivity contribution in [2.75, 3.05) is 31.6 Å². The average Bonchev–Trinajstić information content (AvgIpc) is 3.68. The minimum absolute atomic E-state index is 0.107. The van der Waals surface area contributed by atoms with Crippen LogP contribution in [0.3, 0.4) is 0 Å². The molecule has 45 heavy (non-hydrogen) atoms. The van der Waals surface area contributed by atoms with Crippen LogP contribution in [0.25, 0.3) is 0 Å². The molecule has 0 aliphatic carbocycles. The van der Waals surface area contributed by atoms with Gasteiger partial charge in [0.15, 0.2) is 0 Å². The number of β-amino-alcohol motifs (C(OH)–C–C–N with tert-alkyl or cyclic N) is 1. The number of carbonyl (C=O) groups excluding carboxylic acids is 4. The van der Waals surface area contributed by atoms with Crippen molar-refractivity contribution in [1.29, 1.82) is 0 Å². The van der Waals surface area contributed by atoms with Crippen LogP contribution < -0.4 is 4.90 Å². The van der Waals surface area contributed by atoms with Crippen LogP contribution in [0.1, 0.15) is 31.4 Å². The van der Waals surface area contributed by atoms with Crippen molar-refractivity contribution < 1.29 is 33.8 Å². The van der Waals surface area contributed by atoms with Gasteiger partial charge in [-0.15, -0.1) is 0 Å². The summed E-state index contributed by atoms with van der Waals surface area (Å²) in [4.78, 5) is 60.6. The lowest BCUT2D eigenvalue weighted by atomic mass is 9.74. The lowest BCUT2D eigenvalue weighted by molar-refractivity contribution is -0.164. The number of carbonyl (C=O) groups is 4. The zero-order valence-corrected chi connectivity index (χ0v) is 25.9. The van der Waals surface area contributed by atoms with Gasteiger partial charge in [-0.25, -0.2) is 0 Å². The Balaban J connectivity index is 1.46. The number of aliphatic hydroxyl groups is 1. The highest BCUT2D eigenvalue weighted by molar-refractivity contribution is 6.34. The fourth-order valence-corrected chi connectivity index (χ4v) is 7.33. The first-order valence-corrected chi connectivity index (χ1v) is 15.6. The van der Waals surface area contributed by atoms with Crippen LogP contribution in [0, 0.1) is 11.8 Å². The number of amides is 3. The van der Waals surface area contributed by atoms with Crippen molar-refractivity contribution in [3.05, 3.63) is 89.5 Å². The first kappa shape index (κ1) is 31.0. The number of nitrogens with zero attached hydrogens (tertiary/aromatic N) is 3. The number of para-hydroxylation sites is 1. The quantitative estimate of drug-likeness (QED) is 0.406. The highest BCUT2D eigenvalue weighted by atomic mass is 35.5. The summed E-state index contributed by atoms with van der Waals surface area (Å²) in [5.74, 6) is -3.81. The largest absolute Gasteiger partial charge is 0.455 e. The summed E-state index contributed by atoms with van der Waals surface area (Å²) in [6.45, 7) is 1.42.